The third-order valence-electron chi connectivity index (χ3n) is 4.73. The second-order valence-electron chi connectivity index (χ2n) is 6.08. The van der Waals surface area contributed by atoms with E-state index in [9.17, 15) is 0 Å². The van der Waals surface area contributed by atoms with Crippen molar-refractivity contribution in [3.63, 3.8) is 0 Å². The van der Waals surface area contributed by atoms with Crippen LogP contribution in [0.2, 0.25) is 0 Å². The minimum Gasteiger partial charge on any atom is -0.324 e. The lowest BCUT2D eigenvalue weighted by molar-refractivity contribution is 0.328. The molecular formula is C18H24N2. The van der Waals surface area contributed by atoms with Crippen molar-refractivity contribution in [2.45, 2.75) is 51.0 Å². The molecule has 1 saturated carbocycles. The van der Waals surface area contributed by atoms with E-state index in [-0.39, 0.29) is 6.04 Å². The number of hydrogen-bond acceptors (Lipinski definition) is 2. The second-order valence-corrected chi connectivity index (χ2v) is 6.08. The maximum atomic E-state index is 6.63. The predicted octanol–water partition coefficient (Wildman–Crippen LogP) is 4.60. The molecule has 1 aliphatic rings. The minimum absolute atomic E-state index is 0.154. The summed E-state index contributed by atoms with van der Waals surface area (Å²) in [5.74, 6) is 0.626. The lowest BCUT2D eigenvalue weighted by atomic mass is 9.82. The van der Waals surface area contributed by atoms with Crippen molar-refractivity contribution >= 4 is 10.8 Å². The standard InChI is InChI=1S/C18H24N2/c19-18(15-7-4-2-1-3-5-8-15)16-10-6-9-14-11-12-20-13-17(14)16/h6,9-13,15,18H,1-5,7-8,19H2. The van der Waals surface area contributed by atoms with Gasteiger partial charge in [-0.2, -0.15) is 0 Å². The monoisotopic (exact) mass is 268 g/mol. The third-order valence-corrected chi connectivity index (χ3v) is 4.73. The Bertz CT molecular complexity index is 551. The van der Waals surface area contributed by atoms with Crippen LogP contribution >= 0.6 is 0 Å². The van der Waals surface area contributed by atoms with E-state index in [1.807, 2.05) is 12.4 Å². The maximum absolute atomic E-state index is 6.63. The highest BCUT2D eigenvalue weighted by molar-refractivity contribution is 5.85. The number of fused-ring (bicyclic) bond motifs is 1. The first kappa shape index (κ1) is 13.6. The molecule has 1 aliphatic carbocycles. The highest BCUT2D eigenvalue weighted by atomic mass is 14.7. The van der Waals surface area contributed by atoms with Gasteiger partial charge in [0.1, 0.15) is 0 Å². The molecule has 2 N–H and O–H groups in total. The molecule has 1 fully saturated rings. The molecule has 2 aromatic rings. The number of nitrogens with two attached hydrogens (primary N) is 1. The Kier molecular flexibility index (Phi) is 4.31. The molecular weight excluding hydrogens is 244 g/mol. The van der Waals surface area contributed by atoms with E-state index in [2.05, 4.69) is 29.2 Å². The summed E-state index contributed by atoms with van der Waals surface area (Å²) in [6.45, 7) is 0. The first-order chi connectivity index (χ1) is 9.86. The lowest BCUT2D eigenvalue weighted by Crippen LogP contribution is -2.22. The van der Waals surface area contributed by atoms with Crippen LogP contribution in [-0.4, -0.2) is 4.98 Å². The van der Waals surface area contributed by atoms with Crippen molar-refractivity contribution in [2.75, 3.05) is 0 Å². The minimum atomic E-state index is 0.154. The Hall–Kier alpha value is -1.41. The van der Waals surface area contributed by atoms with Crippen LogP contribution in [0.5, 0.6) is 0 Å². The second kappa shape index (κ2) is 6.36. The summed E-state index contributed by atoms with van der Waals surface area (Å²) in [5.41, 5.74) is 7.91. The SMILES string of the molecule is NC(c1cccc2ccncc12)C1CCCCCCC1. The smallest absolute Gasteiger partial charge is 0.0349 e. The van der Waals surface area contributed by atoms with Gasteiger partial charge < -0.3 is 5.73 Å². The molecule has 1 heterocycles. The van der Waals surface area contributed by atoms with Gasteiger partial charge in [-0.05, 0) is 35.8 Å². The Balaban J connectivity index is 1.89. The highest BCUT2D eigenvalue weighted by Crippen LogP contribution is 2.34. The van der Waals surface area contributed by atoms with Crippen molar-refractivity contribution in [1.82, 2.24) is 4.98 Å². The number of pyridine rings is 1. The molecule has 3 rings (SSSR count). The zero-order valence-corrected chi connectivity index (χ0v) is 12.1. The van der Waals surface area contributed by atoms with E-state index in [1.165, 1.54) is 61.3 Å². The lowest BCUT2D eigenvalue weighted by Gasteiger charge is -2.27. The largest absolute Gasteiger partial charge is 0.324 e. The van der Waals surface area contributed by atoms with Gasteiger partial charge in [-0.15, -0.1) is 0 Å². The molecule has 1 aromatic heterocycles. The predicted molar refractivity (Wildman–Crippen MR) is 84.5 cm³/mol. The molecule has 2 heteroatoms. The number of benzene rings is 1. The Morgan fingerprint density at radius 3 is 2.55 bits per heavy atom. The zero-order chi connectivity index (χ0) is 13.8. The molecule has 1 unspecified atom stereocenters. The van der Waals surface area contributed by atoms with Crippen LogP contribution in [0.1, 0.15) is 56.6 Å². The van der Waals surface area contributed by atoms with Crippen LogP contribution in [0.3, 0.4) is 0 Å². The molecule has 0 saturated heterocycles. The van der Waals surface area contributed by atoms with Gasteiger partial charge in [0.05, 0.1) is 0 Å². The van der Waals surface area contributed by atoms with Crippen molar-refractivity contribution in [1.29, 1.82) is 0 Å². The van der Waals surface area contributed by atoms with Gasteiger partial charge in [-0.25, -0.2) is 0 Å². The van der Waals surface area contributed by atoms with Gasteiger partial charge in [0.15, 0.2) is 0 Å². The van der Waals surface area contributed by atoms with Crippen LogP contribution in [0.25, 0.3) is 10.8 Å². The Morgan fingerprint density at radius 2 is 1.75 bits per heavy atom. The van der Waals surface area contributed by atoms with Gasteiger partial charge in [-0.1, -0.05) is 50.3 Å². The third kappa shape index (κ3) is 2.85. The van der Waals surface area contributed by atoms with Crippen LogP contribution in [0.15, 0.2) is 36.7 Å². The number of rotatable bonds is 2. The van der Waals surface area contributed by atoms with Crippen LogP contribution in [0.4, 0.5) is 0 Å². The first-order valence-electron chi connectivity index (χ1n) is 7.94. The van der Waals surface area contributed by atoms with Gasteiger partial charge in [-0.3, -0.25) is 4.98 Å². The van der Waals surface area contributed by atoms with E-state index in [4.69, 9.17) is 5.73 Å². The van der Waals surface area contributed by atoms with Crippen molar-refractivity contribution in [3.05, 3.63) is 42.2 Å². The van der Waals surface area contributed by atoms with Gasteiger partial charge in [0, 0.05) is 23.8 Å². The fraction of sp³-hybridized carbons (Fsp3) is 0.500. The molecule has 106 valence electrons. The van der Waals surface area contributed by atoms with Gasteiger partial charge in [0.25, 0.3) is 0 Å². The quantitative estimate of drug-likeness (QED) is 0.864. The van der Waals surface area contributed by atoms with Gasteiger partial charge in [0.2, 0.25) is 0 Å². The summed E-state index contributed by atoms with van der Waals surface area (Å²) in [6, 6.07) is 8.68. The summed E-state index contributed by atoms with van der Waals surface area (Å²) in [6.07, 6.45) is 13.2. The van der Waals surface area contributed by atoms with Crippen LogP contribution < -0.4 is 5.73 Å². The molecule has 1 aromatic carbocycles. The van der Waals surface area contributed by atoms with Crippen molar-refractivity contribution in [2.24, 2.45) is 11.7 Å². The average molecular weight is 268 g/mol. The normalized spacial score (nSPS) is 19.4. The van der Waals surface area contributed by atoms with E-state index in [0.29, 0.717) is 5.92 Å². The average Bonchev–Trinajstić information content (AvgIpc) is 2.46. The van der Waals surface area contributed by atoms with Gasteiger partial charge >= 0.3 is 0 Å². The van der Waals surface area contributed by atoms with Crippen molar-refractivity contribution < 1.29 is 0 Å². The highest BCUT2D eigenvalue weighted by Gasteiger charge is 2.21. The van der Waals surface area contributed by atoms with E-state index in [0.717, 1.165) is 0 Å². The molecule has 1 atom stereocenters. The Morgan fingerprint density at radius 1 is 1.00 bits per heavy atom. The summed E-state index contributed by atoms with van der Waals surface area (Å²) in [5, 5.41) is 2.48. The van der Waals surface area contributed by atoms with E-state index < -0.39 is 0 Å². The summed E-state index contributed by atoms with van der Waals surface area (Å²) in [7, 11) is 0. The number of aromatic nitrogens is 1. The topological polar surface area (TPSA) is 38.9 Å². The summed E-state index contributed by atoms with van der Waals surface area (Å²) < 4.78 is 0. The Labute approximate surface area is 121 Å². The van der Waals surface area contributed by atoms with Crippen LogP contribution in [-0.2, 0) is 0 Å². The van der Waals surface area contributed by atoms with E-state index >= 15 is 0 Å². The molecule has 2 nitrogen and oxygen atoms in total. The fourth-order valence-electron chi connectivity index (χ4n) is 3.53. The molecule has 0 amide bonds. The number of nitrogens with zero attached hydrogens (tertiary/aromatic N) is 1. The molecule has 20 heavy (non-hydrogen) atoms. The molecule has 0 aliphatic heterocycles. The van der Waals surface area contributed by atoms with E-state index in [1.54, 1.807) is 0 Å². The first-order valence-corrected chi connectivity index (χ1v) is 7.94. The molecule has 0 spiro atoms. The zero-order valence-electron chi connectivity index (χ0n) is 12.1. The summed E-state index contributed by atoms with van der Waals surface area (Å²) in [4.78, 5) is 4.28. The summed E-state index contributed by atoms with van der Waals surface area (Å²) >= 11 is 0. The maximum Gasteiger partial charge on any atom is 0.0349 e. The molecule has 0 bridgehead atoms. The van der Waals surface area contributed by atoms with Crippen molar-refractivity contribution in [3.8, 4) is 0 Å². The van der Waals surface area contributed by atoms with Crippen LogP contribution in [0, 0.1) is 5.92 Å². The number of hydrogen-bond donors (Lipinski definition) is 1. The molecule has 0 radical (unpaired) electrons. The fourth-order valence-corrected chi connectivity index (χ4v) is 3.53.